The molecule has 2 saturated heterocycles. The Kier molecular flexibility index (Phi) is 5.92. The van der Waals surface area contributed by atoms with Gasteiger partial charge in [0.25, 0.3) is 0 Å². The number of anilines is 1. The van der Waals surface area contributed by atoms with E-state index in [1.807, 2.05) is 12.1 Å². The SMILES string of the molecule is O=S(=O)(c1ccc(N2CCN(Cc3nc4ccccc4s3)CC2)nc1)N1CCCCC1. The second-order valence-corrected chi connectivity index (χ2v) is 11.2. The van der Waals surface area contributed by atoms with Gasteiger partial charge in [-0.3, -0.25) is 4.90 Å². The lowest BCUT2D eigenvalue weighted by atomic mass is 10.2. The van der Waals surface area contributed by atoms with E-state index in [1.54, 1.807) is 21.7 Å². The van der Waals surface area contributed by atoms with E-state index < -0.39 is 10.0 Å². The minimum Gasteiger partial charge on any atom is -0.354 e. The maximum absolute atomic E-state index is 12.8. The summed E-state index contributed by atoms with van der Waals surface area (Å²) in [6, 6.07) is 11.8. The summed E-state index contributed by atoms with van der Waals surface area (Å²) in [5, 5.41) is 1.15. The lowest BCUT2D eigenvalue weighted by molar-refractivity contribution is 0.249. The van der Waals surface area contributed by atoms with Crippen molar-refractivity contribution in [3.63, 3.8) is 0 Å². The predicted molar refractivity (Wildman–Crippen MR) is 124 cm³/mol. The molecule has 0 aliphatic carbocycles. The first-order valence-electron chi connectivity index (χ1n) is 10.9. The van der Waals surface area contributed by atoms with Crippen LogP contribution in [0.4, 0.5) is 5.82 Å². The van der Waals surface area contributed by atoms with Gasteiger partial charge in [0.05, 0.1) is 16.8 Å². The minimum absolute atomic E-state index is 0.299. The second-order valence-electron chi connectivity index (χ2n) is 8.16. The highest BCUT2D eigenvalue weighted by Crippen LogP contribution is 2.24. The quantitative estimate of drug-likeness (QED) is 0.586. The predicted octanol–water partition coefficient (Wildman–Crippen LogP) is 3.19. The third kappa shape index (κ3) is 4.45. The molecule has 2 aromatic heterocycles. The highest BCUT2D eigenvalue weighted by molar-refractivity contribution is 7.89. The van der Waals surface area contributed by atoms with Gasteiger partial charge in [-0.1, -0.05) is 18.6 Å². The molecule has 0 atom stereocenters. The van der Waals surface area contributed by atoms with Crippen molar-refractivity contribution in [2.75, 3.05) is 44.2 Å². The van der Waals surface area contributed by atoms with Crippen molar-refractivity contribution in [3.8, 4) is 0 Å². The lowest BCUT2D eigenvalue weighted by Gasteiger charge is -2.35. The number of piperidine rings is 1. The van der Waals surface area contributed by atoms with E-state index in [0.29, 0.717) is 18.0 Å². The fourth-order valence-corrected chi connectivity index (χ4v) is 6.75. The van der Waals surface area contributed by atoms with Crippen LogP contribution in [0.3, 0.4) is 0 Å². The third-order valence-corrected chi connectivity index (χ3v) is 8.97. The molecule has 5 rings (SSSR count). The van der Waals surface area contributed by atoms with Crippen molar-refractivity contribution in [3.05, 3.63) is 47.6 Å². The Balaban J connectivity index is 1.19. The number of fused-ring (bicyclic) bond motifs is 1. The summed E-state index contributed by atoms with van der Waals surface area (Å²) in [6.07, 6.45) is 4.50. The molecule has 2 fully saturated rings. The lowest BCUT2D eigenvalue weighted by Crippen LogP contribution is -2.46. The van der Waals surface area contributed by atoms with Crippen molar-refractivity contribution in [2.24, 2.45) is 0 Å². The van der Waals surface area contributed by atoms with Gasteiger partial charge in [-0.15, -0.1) is 11.3 Å². The van der Waals surface area contributed by atoms with Gasteiger partial charge in [0.2, 0.25) is 10.0 Å². The largest absolute Gasteiger partial charge is 0.354 e. The van der Waals surface area contributed by atoms with E-state index in [4.69, 9.17) is 4.98 Å². The molecule has 9 heteroatoms. The average Bonchev–Trinajstić information content (AvgIpc) is 3.22. The fourth-order valence-electron chi connectivity index (χ4n) is 4.28. The molecule has 2 aliphatic heterocycles. The Morgan fingerprint density at radius 3 is 2.39 bits per heavy atom. The van der Waals surface area contributed by atoms with Crippen molar-refractivity contribution >= 4 is 37.4 Å². The molecule has 0 amide bonds. The molecular formula is C22H27N5O2S2. The van der Waals surface area contributed by atoms with Gasteiger partial charge in [-0.2, -0.15) is 4.31 Å². The van der Waals surface area contributed by atoms with E-state index in [0.717, 1.165) is 68.3 Å². The van der Waals surface area contributed by atoms with Gasteiger partial charge in [-0.25, -0.2) is 18.4 Å². The molecule has 1 aromatic carbocycles. The van der Waals surface area contributed by atoms with Crippen LogP contribution in [-0.2, 0) is 16.6 Å². The number of hydrogen-bond donors (Lipinski definition) is 0. The average molecular weight is 458 g/mol. The highest BCUT2D eigenvalue weighted by Gasteiger charge is 2.27. The zero-order valence-electron chi connectivity index (χ0n) is 17.5. The number of hydrogen-bond acceptors (Lipinski definition) is 7. The van der Waals surface area contributed by atoms with Crippen LogP contribution in [-0.4, -0.2) is 66.9 Å². The molecule has 0 spiro atoms. The van der Waals surface area contributed by atoms with Crippen molar-refractivity contribution in [1.82, 2.24) is 19.2 Å². The van der Waals surface area contributed by atoms with Gasteiger partial charge in [0.15, 0.2) is 0 Å². The molecule has 3 aromatic rings. The van der Waals surface area contributed by atoms with Crippen molar-refractivity contribution < 1.29 is 8.42 Å². The standard InChI is InChI=1S/C22H27N5O2S2/c28-31(29,27-10-4-1-5-11-27)18-8-9-21(23-16-18)26-14-12-25(13-15-26)17-22-24-19-6-2-3-7-20(19)30-22/h2-3,6-9,16H,1,4-5,10-15,17H2. The summed E-state index contributed by atoms with van der Waals surface area (Å²) < 4.78 is 28.5. The Morgan fingerprint density at radius 1 is 0.903 bits per heavy atom. The first kappa shape index (κ1) is 20.8. The van der Waals surface area contributed by atoms with E-state index in [2.05, 4.69) is 33.0 Å². The van der Waals surface area contributed by atoms with E-state index >= 15 is 0 Å². The van der Waals surface area contributed by atoms with Gasteiger partial charge in [0, 0.05) is 45.5 Å². The van der Waals surface area contributed by atoms with E-state index in [-0.39, 0.29) is 0 Å². The molecule has 0 N–H and O–H groups in total. The summed E-state index contributed by atoms with van der Waals surface area (Å²) in [6.45, 7) is 5.71. The van der Waals surface area contributed by atoms with E-state index in [9.17, 15) is 8.42 Å². The van der Waals surface area contributed by atoms with E-state index in [1.165, 1.54) is 10.9 Å². The maximum atomic E-state index is 12.8. The molecule has 0 bridgehead atoms. The van der Waals surface area contributed by atoms with Gasteiger partial charge >= 0.3 is 0 Å². The van der Waals surface area contributed by atoms with Crippen LogP contribution >= 0.6 is 11.3 Å². The minimum atomic E-state index is -3.43. The fraction of sp³-hybridized carbons (Fsp3) is 0.455. The molecule has 4 heterocycles. The maximum Gasteiger partial charge on any atom is 0.244 e. The summed E-state index contributed by atoms with van der Waals surface area (Å²) in [5.41, 5.74) is 1.07. The Morgan fingerprint density at radius 2 is 1.68 bits per heavy atom. The zero-order valence-corrected chi connectivity index (χ0v) is 19.1. The topological polar surface area (TPSA) is 69.6 Å². The number of nitrogens with zero attached hydrogens (tertiary/aromatic N) is 5. The number of piperazine rings is 1. The Bertz CT molecular complexity index is 1100. The Hall–Kier alpha value is -2.07. The summed E-state index contributed by atoms with van der Waals surface area (Å²) in [7, 11) is -3.43. The van der Waals surface area contributed by atoms with Crippen LogP contribution in [0.15, 0.2) is 47.5 Å². The third-order valence-electron chi connectivity index (χ3n) is 6.07. The number of para-hydroxylation sites is 1. The molecule has 164 valence electrons. The first-order valence-corrected chi connectivity index (χ1v) is 13.1. The number of aromatic nitrogens is 2. The van der Waals surface area contributed by atoms with Crippen molar-refractivity contribution in [1.29, 1.82) is 0 Å². The smallest absolute Gasteiger partial charge is 0.244 e. The molecule has 7 nitrogen and oxygen atoms in total. The first-order chi connectivity index (χ1) is 15.1. The number of pyridine rings is 1. The number of thiazole rings is 1. The Labute approximate surface area is 187 Å². The van der Waals surface area contributed by atoms with Crippen LogP contribution in [0, 0.1) is 0 Å². The molecule has 31 heavy (non-hydrogen) atoms. The monoisotopic (exact) mass is 457 g/mol. The summed E-state index contributed by atoms with van der Waals surface area (Å²) in [4.78, 5) is 14.2. The normalized spacial score (nSPS) is 19.2. The van der Waals surface area contributed by atoms with Gasteiger partial charge in [-0.05, 0) is 37.1 Å². The number of sulfonamides is 1. The summed E-state index contributed by atoms with van der Waals surface area (Å²) >= 11 is 1.76. The van der Waals surface area contributed by atoms with Crippen LogP contribution in [0.1, 0.15) is 24.3 Å². The molecular weight excluding hydrogens is 430 g/mol. The highest BCUT2D eigenvalue weighted by atomic mass is 32.2. The van der Waals surface area contributed by atoms with Crippen LogP contribution in [0.5, 0.6) is 0 Å². The molecule has 2 aliphatic rings. The van der Waals surface area contributed by atoms with Gasteiger partial charge in [0.1, 0.15) is 15.7 Å². The second kappa shape index (κ2) is 8.82. The molecule has 0 unspecified atom stereocenters. The van der Waals surface area contributed by atoms with Crippen LogP contribution in [0.25, 0.3) is 10.2 Å². The molecule has 0 radical (unpaired) electrons. The van der Waals surface area contributed by atoms with Crippen LogP contribution < -0.4 is 4.90 Å². The van der Waals surface area contributed by atoms with Crippen LogP contribution in [0.2, 0.25) is 0 Å². The van der Waals surface area contributed by atoms with Gasteiger partial charge < -0.3 is 4.90 Å². The zero-order chi connectivity index (χ0) is 21.3. The summed E-state index contributed by atoms with van der Waals surface area (Å²) in [5.74, 6) is 0.845. The molecule has 0 saturated carbocycles. The number of rotatable bonds is 5. The number of benzene rings is 1. The van der Waals surface area contributed by atoms with Crippen molar-refractivity contribution in [2.45, 2.75) is 30.7 Å².